The summed E-state index contributed by atoms with van der Waals surface area (Å²) < 4.78 is 89.2. The second-order valence-electron chi connectivity index (χ2n) is 5.73. The zero-order chi connectivity index (χ0) is 18.8. The predicted molar refractivity (Wildman–Crippen MR) is 78.4 cm³/mol. The Balaban J connectivity index is 2.07. The molecule has 1 aromatic rings. The molecule has 2 N–H and O–H groups in total. The first-order chi connectivity index (χ1) is 11.5. The molecule has 1 aliphatic heterocycles. The molecule has 1 aliphatic rings. The summed E-state index contributed by atoms with van der Waals surface area (Å²) in [7, 11) is -3.19. The molecule has 0 bridgehead atoms. The molecule has 0 radical (unpaired) electrons. The van der Waals surface area contributed by atoms with Crippen molar-refractivity contribution in [2.45, 2.75) is 18.6 Å². The number of rotatable bonds is 4. The van der Waals surface area contributed by atoms with Crippen molar-refractivity contribution >= 4 is 15.9 Å². The number of nitrogens with one attached hydrogen (secondary N) is 2. The molecule has 0 spiro atoms. The van der Waals surface area contributed by atoms with Crippen LogP contribution in [0.25, 0.3) is 0 Å². The van der Waals surface area contributed by atoms with Crippen LogP contribution in [0.4, 0.5) is 26.7 Å². The molecule has 140 valence electrons. The summed E-state index contributed by atoms with van der Waals surface area (Å²) in [5.74, 6) is -3.51. The molecule has 5 nitrogen and oxygen atoms in total. The van der Waals surface area contributed by atoms with E-state index in [2.05, 4.69) is 5.32 Å². The quantitative estimate of drug-likeness (QED) is 0.780. The summed E-state index contributed by atoms with van der Waals surface area (Å²) >= 11 is 0. The first-order valence-corrected chi connectivity index (χ1v) is 9.07. The minimum atomic E-state index is -5.13. The fourth-order valence-corrected chi connectivity index (χ4v) is 4.42. The summed E-state index contributed by atoms with van der Waals surface area (Å²) in [6, 6.07) is -1.96. The SMILES string of the molecule is O=C(NC[C@@H]1CCS(=O)(=O)C1)N[C@H](c1c(F)cccc1F)C(F)(F)F. The lowest BCUT2D eigenvalue weighted by atomic mass is 10.1. The number of benzene rings is 1. The van der Waals surface area contributed by atoms with Gasteiger partial charge in [0.25, 0.3) is 0 Å². The second kappa shape index (κ2) is 7.14. The minimum Gasteiger partial charge on any atom is -0.338 e. The summed E-state index contributed by atoms with van der Waals surface area (Å²) in [5, 5.41) is 3.61. The van der Waals surface area contributed by atoms with Crippen molar-refractivity contribution in [1.82, 2.24) is 10.6 Å². The van der Waals surface area contributed by atoms with Crippen LogP contribution in [0.15, 0.2) is 18.2 Å². The minimum absolute atomic E-state index is 0.0490. The molecule has 0 saturated carbocycles. The van der Waals surface area contributed by atoms with Crippen LogP contribution in [0.2, 0.25) is 0 Å². The molecular formula is C14H15F5N2O3S. The maximum absolute atomic E-state index is 13.6. The standard InChI is InChI=1S/C14H15F5N2O3S/c15-9-2-1-3-10(16)11(9)12(14(17,18)19)21-13(22)20-6-8-4-5-25(23,24)7-8/h1-3,8,12H,4-7H2,(H2,20,21,22)/t8-,12+/m0/s1. The molecule has 2 amide bonds. The van der Waals surface area contributed by atoms with Crippen molar-refractivity contribution in [3.8, 4) is 0 Å². The molecule has 25 heavy (non-hydrogen) atoms. The Hall–Kier alpha value is -1.91. The number of hydrogen-bond donors (Lipinski definition) is 2. The summed E-state index contributed by atoms with van der Waals surface area (Å²) in [6.45, 7) is -0.157. The monoisotopic (exact) mass is 386 g/mol. The van der Waals surface area contributed by atoms with E-state index in [9.17, 15) is 35.2 Å². The van der Waals surface area contributed by atoms with Gasteiger partial charge >= 0.3 is 12.2 Å². The number of amides is 2. The van der Waals surface area contributed by atoms with Crippen molar-refractivity contribution in [3.63, 3.8) is 0 Å². The largest absolute Gasteiger partial charge is 0.413 e. The molecule has 1 fully saturated rings. The van der Waals surface area contributed by atoms with E-state index in [0.717, 1.165) is 6.07 Å². The Morgan fingerprint density at radius 1 is 1.24 bits per heavy atom. The molecular weight excluding hydrogens is 371 g/mol. The van der Waals surface area contributed by atoms with Crippen LogP contribution in [-0.2, 0) is 9.84 Å². The third kappa shape index (κ3) is 5.03. The second-order valence-corrected chi connectivity index (χ2v) is 7.96. The van der Waals surface area contributed by atoms with E-state index in [4.69, 9.17) is 0 Å². The number of carbonyl (C=O) groups is 1. The van der Waals surface area contributed by atoms with Crippen LogP contribution >= 0.6 is 0 Å². The maximum Gasteiger partial charge on any atom is 0.413 e. The van der Waals surface area contributed by atoms with E-state index in [0.29, 0.717) is 12.1 Å². The van der Waals surface area contributed by atoms with E-state index < -0.39 is 51.2 Å². The lowest BCUT2D eigenvalue weighted by molar-refractivity contribution is -0.156. The van der Waals surface area contributed by atoms with Crippen LogP contribution < -0.4 is 10.6 Å². The van der Waals surface area contributed by atoms with Gasteiger partial charge in [-0.1, -0.05) is 6.07 Å². The smallest absolute Gasteiger partial charge is 0.338 e. The van der Waals surface area contributed by atoms with Gasteiger partial charge in [-0.15, -0.1) is 0 Å². The van der Waals surface area contributed by atoms with Gasteiger partial charge in [-0.25, -0.2) is 22.0 Å². The van der Waals surface area contributed by atoms with Gasteiger partial charge in [0.1, 0.15) is 11.6 Å². The summed E-state index contributed by atoms with van der Waals surface area (Å²) in [4.78, 5) is 11.7. The predicted octanol–water partition coefficient (Wildman–Crippen LogP) is 2.30. The topological polar surface area (TPSA) is 75.3 Å². The molecule has 2 rings (SSSR count). The highest BCUT2D eigenvalue weighted by Gasteiger charge is 2.45. The van der Waals surface area contributed by atoms with Gasteiger partial charge in [0.2, 0.25) is 0 Å². The lowest BCUT2D eigenvalue weighted by Crippen LogP contribution is -2.45. The van der Waals surface area contributed by atoms with Crippen LogP contribution in [0, 0.1) is 17.6 Å². The van der Waals surface area contributed by atoms with E-state index >= 15 is 0 Å². The highest BCUT2D eigenvalue weighted by Crippen LogP contribution is 2.35. The Kier molecular flexibility index (Phi) is 5.55. The molecule has 0 unspecified atom stereocenters. The van der Waals surface area contributed by atoms with E-state index in [1.807, 2.05) is 0 Å². The number of hydrogen-bond acceptors (Lipinski definition) is 3. The molecule has 1 saturated heterocycles. The lowest BCUT2D eigenvalue weighted by Gasteiger charge is -2.23. The summed E-state index contributed by atoms with van der Waals surface area (Å²) in [6.07, 6.45) is -4.84. The number of carbonyl (C=O) groups excluding carboxylic acids is 1. The normalized spacial score (nSPS) is 20.9. The first-order valence-electron chi connectivity index (χ1n) is 7.25. The van der Waals surface area contributed by atoms with Crippen LogP contribution in [0.3, 0.4) is 0 Å². The first kappa shape index (κ1) is 19.4. The molecule has 1 aromatic carbocycles. The average Bonchev–Trinajstić information content (AvgIpc) is 2.82. The van der Waals surface area contributed by atoms with E-state index in [-0.39, 0.29) is 24.5 Å². The van der Waals surface area contributed by atoms with Gasteiger partial charge in [0.05, 0.1) is 17.1 Å². The third-order valence-corrected chi connectivity index (χ3v) is 5.61. The van der Waals surface area contributed by atoms with Gasteiger partial charge < -0.3 is 10.6 Å². The molecule has 1 heterocycles. The molecule has 0 aliphatic carbocycles. The van der Waals surface area contributed by atoms with Crippen molar-refractivity contribution in [3.05, 3.63) is 35.4 Å². The van der Waals surface area contributed by atoms with Crippen molar-refractivity contribution < 1.29 is 35.2 Å². The highest BCUT2D eigenvalue weighted by molar-refractivity contribution is 7.91. The number of sulfone groups is 1. The van der Waals surface area contributed by atoms with Crippen molar-refractivity contribution in [1.29, 1.82) is 0 Å². The fourth-order valence-electron chi connectivity index (χ4n) is 2.56. The Morgan fingerprint density at radius 3 is 2.32 bits per heavy atom. The van der Waals surface area contributed by atoms with Gasteiger partial charge in [-0.05, 0) is 24.5 Å². The fraction of sp³-hybridized carbons (Fsp3) is 0.500. The van der Waals surface area contributed by atoms with E-state index in [1.54, 1.807) is 0 Å². The zero-order valence-corrected chi connectivity index (χ0v) is 13.6. The van der Waals surface area contributed by atoms with Crippen molar-refractivity contribution in [2.24, 2.45) is 5.92 Å². The van der Waals surface area contributed by atoms with Gasteiger partial charge in [-0.2, -0.15) is 13.2 Å². The highest BCUT2D eigenvalue weighted by atomic mass is 32.2. The van der Waals surface area contributed by atoms with Gasteiger partial charge in [0, 0.05) is 6.54 Å². The molecule has 0 aromatic heterocycles. The average molecular weight is 386 g/mol. The Bertz CT molecular complexity index is 731. The van der Waals surface area contributed by atoms with Crippen LogP contribution in [0.1, 0.15) is 18.0 Å². The number of alkyl halides is 3. The van der Waals surface area contributed by atoms with Crippen LogP contribution in [-0.4, -0.2) is 38.7 Å². The van der Waals surface area contributed by atoms with Crippen LogP contribution in [0.5, 0.6) is 0 Å². The zero-order valence-electron chi connectivity index (χ0n) is 12.7. The number of halogens is 5. The molecule has 2 atom stereocenters. The van der Waals surface area contributed by atoms with Crippen molar-refractivity contribution in [2.75, 3.05) is 18.1 Å². The van der Waals surface area contributed by atoms with E-state index in [1.165, 1.54) is 5.32 Å². The molecule has 11 heteroatoms. The summed E-state index contributed by atoms with van der Waals surface area (Å²) in [5.41, 5.74) is -1.31. The van der Waals surface area contributed by atoms with Gasteiger partial charge in [-0.3, -0.25) is 0 Å². The number of urea groups is 1. The third-order valence-electron chi connectivity index (χ3n) is 3.77. The van der Waals surface area contributed by atoms with Gasteiger partial charge in [0.15, 0.2) is 15.9 Å². The Labute approximate surface area is 140 Å². The maximum atomic E-state index is 13.6. The Morgan fingerprint density at radius 2 is 1.84 bits per heavy atom.